The van der Waals surface area contributed by atoms with Crippen molar-refractivity contribution in [1.82, 2.24) is 14.7 Å². The number of amides is 2. The van der Waals surface area contributed by atoms with E-state index >= 15 is 0 Å². The highest BCUT2D eigenvalue weighted by molar-refractivity contribution is 5.87. The number of methoxy groups -OCH3 is 1. The Balaban J connectivity index is 1.35. The number of piperidine rings is 1. The maximum absolute atomic E-state index is 14.0. The molecule has 2 amide bonds. The third-order valence-electron chi connectivity index (χ3n) is 8.90. The van der Waals surface area contributed by atoms with E-state index in [9.17, 15) is 14.4 Å². The number of carbonyl (C=O) groups excluding carboxylic acids is 3. The zero-order chi connectivity index (χ0) is 29.9. The Kier molecular flexibility index (Phi) is 8.78. The largest absolute Gasteiger partial charge is 0.467 e. The molecule has 2 aliphatic rings. The zero-order valence-electron chi connectivity index (χ0n) is 25.0. The fraction of sp³-hybridized carbons (Fsp3) is 0.400. The number of esters is 1. The highest BCUT2D eigenvalue weighted by Gasteiger charge is 2.57. The first-order valence-electron chi connectivity index (χ1n) is 14.9. The van der Waals surface area contributed by atoms with Gasteiger partial charge in [-0.25, -0.2) is 4.79 Å². The van der Waals surface area contributed by atoms with Gasteiger partial charge in [0.1, 0.15) is 12.1 Å². The topological polar surface area (TPSA) is 69.9 Å². The summed E-state index contributed by atoms with van der Waals surface area (Å²) in [6, 6.07) is 30.4. The van der Waals surface area contributed by atoms with Crippen LogP contribution in [-0.4, -0.2) is 78.4 Å². The maximum atomic E-state index is 14.0. The van der Waals surface area contributed by atoms with Crippen LogP contribution in [0.2, 0.25) is 0 Å². The average molecular weight is 568 g/mol. The summed E-state index contributed by atoms with van der Waals surface area (Å²) in [6.45, 7) is 5.51. The van der Waals surface area contributed by atoms with Crippen molar-refractivity contribution in [1.29, 1.82) is 0 Å². The molecule has 220 valence electrons. The van der Waals surface area contributed by atoms with Crippen molar-refractivity contribution in [2.75, 3.05) is 33.8 Å². The van der Waals surface area contributed by atoms with Crippen molar-refractivity contribution in [2.45, 2.75) is 44.3 Å². The quantitative estimate of drug-likeness (QED) is 0.216. The third kappa shape index (κ3) is 5.45. The van der Waals surface area contributed by atoms with Crippen LogP contribution in [0.1, 0.15) is 43.4 Å². The van der Waals surface area contributed by atoms with Gasteiger partial charge in [0, 0.05) is 32.6 Å². The molecule has 3 aromatic rings. The molecule has 0 aliphatic carbocycles. The monoisotopic (exact) mass is 567 g/mol. The Morgan fingerprint density at radius 1 is 0.810 bits per heavy atom. The number of carbonyl (C=O) groups is 3. The van der Waals surface area contributed by atoms with Gasteiger partial charge in [-0.3, -0.25) is 14.5 Å². The van der Waals surface area contributed by atoms with Gasteiger partial charge in [0.15, 0.2) is 0 Å². The first kappa shape index (κ1) is 29.5. The number of ether oxygens (including phenoxy) is 1. The van der Waals surface area contributed by atoms with Crippen molar-refractivity contribution >= 4 is 17.8 Å². The van der Waals surface area contributed by atoms with Gasteiger partial charge in [0.2, 0.25) is 11.8 Å². The lowest BCUT2D eigenvalue weighted by molar-refractivity contribution is -0.156. The minimum absolute atomic E-state index is 0.0597. The predicted octanol–water partition coefficient (Wildman–Crippen LogP) is 4.56. The SMILES string of the molecule is COC(=O)[C@H](C(C)C)N(C)C(=O)C1CCN(C(=O)C2CN2C(c2ccccc2)(c2ccccc2)c2ccccc2)CC1. The van der Waals surface area contributed by atoms with Gasteiger partial charge in [-0.1, -0.05) is 105 Å². The van der Waals surface area contributed by atoms with Crippen LogP contribution < -0.4 is 0 Å². The number of hydrogen-bond donors (Lipinski definition) is 0. The number of nitrogens with zero attached hydrogens (tertiary/aromatic N) is 3. The van der Waals surface area contributed by atoms with Gasteiger partial charge in [0.05, 0.1) is 12.6 Å². The van der Waals surface area contributed by atoms with Crippen LogP contribution in [0.25, 0.3) is 0 Å². The number of hydrogen-bond acceptors (Lipinski definition) is 5. The molecule has 0 radical (unpaired) electrons. The Morgan fingerprint density at radius 2 is 1.26 bits per heavy atom. The summed E-state index contributed by atoms with van der Waals surface area (Å²) in [5, 5.41) is 0. The maximum Gasteiger partial charge on any atom is 0.328 e. The lowest BCUT2D eigenvalue weighted by Gasteiger charge is -2.39. The van der Waals surface area contributed by atoms with Gasteiger partial charge in [-0.15, -0.1) is 0 Å². The average Bonchev–Trinajstić information content (AvgIpc) is 3.83. The summed E-state index contributed by atoms with van der Waals surface area (Å²) >= 11 is 0. The van der Waals surface area contributed by atoms with Gasteiger partial charge in [-0.2, -0.15) is 0 Å². The molecule has 7 heteroatoms. The van der Waals surface area contributed by atoms with E-state index in [1.807, 2.05) is 36.9 Å². The lowest BCUT2D eigenvalue weighted by atomic mass is 9.76. The van der Waals surface area contributed by atoms with Gasteiger partial charge in [0.25, 0.3) is 0 Å². The minimum Gasteiger partial charge on any atom is -0.467 e. The van der Waals surface area contributed by atoms with Crippen LogP contribution >= 0.6 is 0 Å². The van der Waals surface area contributed by atoms with Crippen molar-refractivity contribution in [3.63, 3.8) is 0 Å². The molecule has 0 aromatic heterocycles. The van der Waals surface area contributed by atoms with Crippen LogP contribution in [0.5, 0.6) is 0 Å². The number of rotatable bonds is 9. The molecule has 5 rings (SSSR count). The van der Waals surface area contributed by atoms with Crippen LogP contribution in [0.15, 0.2) is 91.0 Å². The molecule has 0 saturated carbocycles. The van der Waals surface area contributed by atoms with E-state index in [1.54, 1.807) is 7.05 Å². The van der Waals surface area contributed by atoms with Crippen LogP contribution in [0.3, 0.4) is 0 Å². The number of benzene rings is 3. The molecule has 0 bridgehead atoms. The molecule has 2 saturated heterocycles. The minimum atomic E-state index is -0.621. The van der Waals surface area contributed by atoms with Crippen LogP contribution in [-0.2, 0) is 24.7 Å². The van der Waals surface area contributed by atoms with Crippen LogP contribution in [0.4, 0.5) is 0 Å². The summed E-state index contributed by atoms with van der Waals surface area (Å²) in [5.41, 5.74) is 2.75. The summed E-state index contributed by atoms with van der Waals surface area (Å²) < 4.78 is 4.96. The summed E-state index contributed by atoms with van der Waals surface area (Å²) in [6.07, 6.45) is 1.16. The standard InChI is InChI=1S/C35H41N3O4/c1-25(2)31(34(41)42-4)36(3)32(39)26-20-22-37(23-21-26)33(40)30-24-38(30)35(27-14-8-5-9-15-27,28-16-10-6-11-17-28)29-18-12-7-13-19-29/h5-19,25-26,30-31H,20-24H2,1-4H3/t30?,31-,38?/m0/s1. The molecule has 2 unspecified atom stereocenters. The molecule has 0 N–H and O–H groups in total. The first-order chi connectivity index (χ1) is 20.3. The van der Waals surface area contributed by atoms with E-state index in [0.29, 0.717) is 32.5 Å². The van der Waals surface area contributed by atoms with Crippen LogP contribution in [0, 0.1) is 11.8 Å². The summed E-state index contributed by atoms with van der Waals surface area (Å²) in [4.78, 5) is 45.4. The molecule has 2 heterocycles. The van der Waals surface area contributed by atoms with Crippen molar-refractivity contribution in [3.05, 3.63) is 108 Å². The molecule has 2 fully saturated rings. The highest BCUT2D eigenvalue weighted by Crippen LogP contribution is 2.48. The first-order valence-corrected chi connectivity index (χ1v) is 14.9. The van der Waals surface area contributed by atoms with E-state index in [0.717, 1.165) is 16.7 Å². The van der Waals surface area contributed by atoms with Gasteiger partial charge < -0.3 is 14.5 Å². The molecule has 2 aliphatic heterocycles. The van der Waals surface area contributed by atoms with Gasteiger partial charge >= 0.3 is 5.97 Å². The molecule has 42 heavy (non-hydrogen) atoms. The summed E-state index contributed by atoms with van der Waals surface area (Å²) in [7, 11) is 3.03. The van der Waals surface area contributed by atoms with E-state index in [-0.39, 0.29) is 29.7 Å². The van der Waals surface area contributed by atoms with E-state index < -0.39 is 17.6 Å². The molecule has 0 spiro atoms. The predicted molar refractivity (Wildman–Crippen MR) is 162 cm³/mol. The van der Waals surface area contributed by atoms with E-state index in [4.69, 9.17) is 4.74 Å². The number of likely N-dealkylation sites (N-methyl/N-ethyl adjacent to an activating group) is 1. The zero-order valence-corrected chi connectivity index (χ0v) is 25.0. The van der Waals surface area contributed by atoms with Crippen molar-refractivity contribution in [2.24, 2.45) is 11.8 Å². The number of likely N-dealkylation sites (tertiary alicyclic amines) is 1. The molecule has 3 atom stereocenters. The Morgan fingerprint density at radius 3 is 1.67 bits per heavy atom. The second kappa shape index (κ2) is 12.5. The molecule has 7 nitrogen and oxygen atoms in total. The Labute approximate surface area is 249 Å². The fourth-order valence-corrected chi connectivity index (χ4v) is 6.74. The van der Waals surface area contributed by atoms with E-state index in [2.05, 4.69) is 77.7 Å². The fourth-order valence-electron chi connectivity index (χ4n) is 6.74. The van der Waals surface area contributed by atoms with E-state index in [1.165, 1.54) is 12.0 Å². The normalized spacial score (nSPS) is 19.7. The second-order valence-corrected chi connectivity index (χ2v) is 11.7. The molecule has 3 aromatic carbocycles. The van der Waals surface area contributed by atoms with Crippen molar-refractivity contribution in [3.8, 4) is 0 Å². The third-order valence-corrected chi connectivity index (χ3v) is 8.90. The molecular weight excluding hydrogens is 526 g/mol. The van der Waals surface area contributed by atoms with Crippen molar-refractivity contribution < 1.29 is 19.1 Å². The molecular formula is C35H41N3O4. The Hall–Kier alpha value is -3.97. The van der Waals surface area contributed by atoms with Gasteiger partial charge in [-0.05, 0) is 35.4 Å². The second-order valence-electron chi connectivity index (χ2n) is 11.7. The highest BCUT2D eigenvalue weighted by atomic mass is 16.5. The smallest absolute Gasteiger partial charge is 0.328 e. The Bertz CT molecular complexity index is 1270. The lowest BCUT2D eigenvalue weighted by Crippen LogP contribution is -2.51. The summed E-state index contributed by atoms with van der Waals surface area (Å²) in [5.74, 6) is -0.641.